The molecule has 5 atom stereocenters. The van der Waals surface area contributed by atoms with Gasteiger partial charge in [-0.15, -0.1) is 0 Å². The van der Waals surface area contributed by atoms with Crippen molar-refractivity contribution >= 4 is 11.6 Å². The summed E-state index contributed by atoms with van der Waals surface area (Å²) in [5, 5.41) is 25.2. The minimum Gasteiger partial charge on any atom is -0.412 e. The molecule has 0 radical (unpaired) electrons. The maximum Gasteiger partial charge on any atom is 0.222 e. The lowest BCUT2D eigenvalue weighted by molar-refractivity contribution is -0.152. The Morgan fingerprint density at radius 3 is 2.11 bits per heavy atom. The van der Waals surface area contributed by atoms with E-state index < -0.39 is 12.6 Å². The smallest absolute Gasteiger partial charge is 0.222 e. The number of ketones is 2. The Morgan fingerprint density at radius 1 is 0.857 bits per heavy atom. The summed E-state index contributed by atoms with van der Waals surface area (Å²) in [6.45, 7) is 2.73. The van der Waals surface area contributed by atoms with Crippen LogP contribution in [0.15, 0.2) is 12.2 Å². The number of ether oxygens (including phenoxy) is 5. The maximum absolute atomic E-state index is 10.8. The molecular weight excluding hydrogens is 464 g/mol. The standard InChI is InChI=1S/C6H8O3.C6H6O3.C6H12O2.C6H14O2.H2O.3H2/c2*7-5-2-1-4-3-8-6(5)9-4;7-5-6-3-1-2-4-8-6;7-5-3-1-2-4-6-8;;;;/h4,6H,1-3H2;1-2,4,6H,3H2;6-7H,1-5H2;7-8H,1-6H2;1H2;3*1H. The van der Waals surface area contributed by atoms with Crippen molar-refractivity contribution in [3.63, 3.8) is 0 Å². The molecule has 4 saturated heterocycles. The molecule has 11 heteroatoms. The molecular formula is C24H48O11. The average molecular weight is 513 g/mol. The van der Waals surface area contributed by atoms with Gasteiger partial charge in [-0.1, -0.05) is 12.8 Å². The van der Waals surface area contributed by atoms with Crippen LogP contribution in [0.1, 0.15) is 62.1 Å². The van der Waals surface area contributed by atoms with Gasteiger partial charge in [-0.25, -0.2) is 0 Å². The van der Waals surface area contributed by atoms with Crippen LogP contribution >= 0.6 is 0 Å². The molecule has 0 amide bonds. The summed E-state index contributed by atoms with van der Waals surface area (Å²) < 4.78 is 25.3. The van der Waals surface area contributed by atoms with Crippen molar-refractivity contribution in [2.24, 2.45) is 0 Å². The number of fused-ring (bicyclic) bond motifs is 4. The highest BCUT2D eigenvalue weighted by atomic mass is 16.7. The minimum atomic E-state index is -0.597. The first-order valence-electron chi connectivity index (χ1n) is 12.3. The van der Waals surface area contributed by atoms with Crippen molar-refractivity contribution in [1.29, 1.82) is 0 Å². The predicted octanol–water partition coefficient (Wildman–Crippen LogP) is 0.950. The lowest BCUT2D eigenvalue weighted by atomic mass is 10.1. The van der Waals surface area contributed by atoms with Crippen molar-refractivity contribution in [1.82, 2.24) is 0 Å². The highest BCUT2D eigenvalue weighted by Crippen LogP contribution is 2.23. The molecule has 35 heavy (non-hydrogen) atoms. The zero-order valence-corrected chi connectivity index (χ0v) is 20.3. The molecule has 210 valence electrons. The molecule has 5 rings (SSSR count). The summed E-state index contributed by atoms with van der Waals surface area (Å²) in [5.41, 5.74) is 0. The summed E-state index contributed by atoms with van der Waals surface area (Å²) in [7, 11) is 0. The van der Waals surface area contributed by atoms with Crippen LogP contribution in [0, 0.1) is 0 Å². The number of rotatable bonds is 6. The van der Waals surface area contributed by atoms with E-state index in [0.29, 0.717) is 19.6 Å². The number of hydrogen-bond acceptors (Lipinski definition) is 10. The number of hydrogen-bond donors (Lipinski definition) is 3. The van der Waals surface area contributed by atoms with Gasteiger partial charge < -0.3 is 44.5 Å². The second kappa shape index (κ2) is 18.9. The molecule has 5 N–H and O–H groups in total. The summed E-state index contributed by atoms with van der Waals surface area (Å²) in [4.78, 5) is 21.5. The Kier molecular flexibility index (Phi) is 17.2. The van der Waals surface area contributed by atoms with Crippen molar-refractivity contribution in [2.75, 3.05) is 39.6 Å². The third-order valence-corrected chi connectivity index (χ3v) is 5.69. The second-order valence-corrected chi connectivity index (χ2v) is 8.56. The molecule has 5 heterocycles. The lowest BCUT2D eigenvalue weighted by Crippen LogP contribution is -2.27. The Morgan fingerprint density at radius 2 is 1.57 bits per heavy atom. The van der Waals surface area contributed by atoms with Crippen LogP contribution in [-0.2, 0) is 33.3 Å². The minimum absolute atomic E-state index is 0. The molecule has 5 aliphatic rings. The van der Waals surface area contributed by atoms with Gasteiger partial charge in [-0.3, -0.25) is 9.59 Å². The third kappa shape index (κ3) is 12.5. The number of aliphatic hydroxyl groups excluding tert-OH is 3. The van der Waals surface area contributed by atoms with Crippen molar-refractivity contribution in [3.8, 4) is 0 Å². The predicted molar refractivity (Wildman–Crippen MR) is 131 cm³/mol. The van der Waals surface area contributed by atoms with Gasteiger partial charge in [0.05, 0.1) is 32.0 Å². The SMILES string of the molecule is O.O=C1C=CC2COC1O2.O=C1CCC2COC1O2.OCC1CCCCO1.OCCCCCCO.[HH].[HH].[HH]. The molecule has 11 nitrogen and oxygen atoms in total. The number of Topliss-reactive ketones (excluding diaryl/α,β-unsaturated/α-hetero) is 1. The van der Waals surface area contributed by atoms with E-state index in [0.717, 1.165) is 51.6 Å². The summed E-state index contributed by atoms with van der Waals surface area (Å²) in [5.74, 6) is 0.0208. The third-order valence-electron chi connectivity index (χ3n) is 5.69. The quantitative estimate of drug-likeness (QED) is 0.435. The van der Waals surface area contributed by atoms with Crippen LogP contribution in [0.3, 0.4) is 0 Å². The molecule has 5 unspecified atom stereocenters. The summed E-state index contributed by atoms with van der Waals surface area (Å²) in [6, 6.07) is 0. The van der Waals surface area contributed by atoms with E-state index in [9.17, 15) is 9.59 Å². The normalized spacial score (nSPS) is 30.1. The van der Waals surface area contributed by atoms with Crippen molar-refractivity contribution in [2.45, 2.75) is 88.7 Å². The molecule has 0 aromatic heterocycles. The Labute approximate surface area is 211 Å². The van der Waals surface area contributed by atoms with Crippen LogP contribution < -0.4 is 0 Å². The number of carbonyl (C=O) groups excluding carboxylic acids is 2. The van der Waals surface area contributed by atoms with E-state index in [-0.39, 0.29) is 59.5 Å². The van der Waals surface area contributed by atoms with Crippen LogP contribution in [0.2, 0.25) is 0 Å². The first-order valence-corrected chi connectivity index (χ1v) is 12.3. The monoisotopic (exact) mass is 512 g/mol. The largest absolute Gasteiger partial charge is 0.412 e. The van der Waals surface area contributed by atoms with Crippen molar-refractivity contribution in [3.05, 3.63) is 12.2 Å². The van der Waals surface area contributed by atoms with Gasteiger partial charge in [-0.05, 0) is 50.7 Å². The molecule has 0 aromatic rings. The Balaban J connectivity index is -0.000000416. The van der Waals surface area contributed by atoms with Gasteiger partial charge in [0.2, 0.25) is 18.4 Å². The van der Waals surface area contributed by atoms with E-state index in [2.05, 4.69) is 0 Å². The van der Waals surface area contributed by atoms with Gasteiger partial charge in [0.1, 0.15) is 6.10 Å². The molecule has 0 aromatic carbocycles. The number of unbranched alkanes of at least 4 members (excludes halogenated alkanes) is 3. The van der Waals surface area contributed by atoms with Crippen LogP contribution in [0.4, 0.5) is 0 Å². The first kappa shape index (κ1) is 31.7. The van der Waals surface area contributed by atoms with Gasteiger partial charge in [0.25, 0.3) is 0 Å². The number of carbonyl (C=O) groups is 2. The van der Waals surface area contributed by atoms with E-state index in [1.807, 2.05) is 0 Å². The molecule has 4 fully saturated rings. The number of aliphatic hydroxyl groups is 3. The molecule has 5 aliphatic heterocycles. The highest BCUT2D eigenvalue weighted by molar-refractivity contribution is 5.93. The van der Waals surface area contributed by atoms with Gasteiger partial charge in [0, 0.05) is 30.5 Å². The van der Waals surface area contributed by atoms with Gasteiger partial charge in [0.15, 0.2) is 5.78 Å². The highest BCUT2D eigenvalue weighted by Gasteiger charge is 2.36. The zero-order valence-electron chi connectivity index (χ0n) is 20.3. The van der Waals surface area contributed by atoms with E-state index in [1.54, 1.807) is 6.08 Å². The second-order valence-electron chi connectivity index (χ2n) is 8.56. The van der Waals surface area contributed by atoms with E-state index in [1.165, 1.54) is 12.5 Å². The average Bonchev–Trinajstić information content (AvgIpc) is 3.48. The fourth-order valence-corrected chi connectivity index (χ4v) is 3.67. The summed E-state index contributed by atoms with van der Waals surface area (Å²) >= 11 is 0. The van der Waals surface area contributed by atoms with Crippen LogP contribution in [-0.4, -0.2) is 103 Å². The Bertz CT molecular complexity index is 615. The van der Waals surface area contributed by atoms with Crippen LogP contribution in [0.25, 0.3) is 0 Å². The molecule has 0 saturated carbocycles. The Hall–Kier alpha value is -1.28. The topological polar surface area (TPSA) is 172 Å². The fraction of sp³-hybridized carbons (Fsp3) is 0.833. The van der Waals surface area contributed by atoms with E-state index in [4.69, 9.17) is 39.0 Å². The molecule has 4 bridgehead atoms. The lowest BCUT2D eigenvalue weighted by Gasteiger charge is -2.19. The van der Waals surface area contributed by atoms with Gasteiger partial charge in [-0.2, -0.15) is 0 Å². The first-order chi connectivity index (χ1) is 16.6. The maximum atomic E-state index is 10.8. The van der Waals surface area contributed by atoms with Crippen molar-refractivity contribution < 1.29 is 58.3 Å². The molecule has 0 aliphatic carbocycles. The van der Waals surface area contributed by atoms with Crippen LogP contribution in [0.5, 0.6) is 0 Å². The summed E-state index contributed by atoms with van der Waals surface area (Å²) in [6.07, 6.45) is 11.2. The van der Waals surface area contributed by atoms with E-state index >= 15 is 0 Å². The van der Waals surface area contributed by atoms with Gasteiger partial charge >= 0.3 is 0 Å². The molecule has 0 spiro atoms. The zero-order chi connectivity index (χ0) is 24.6. The fourth-order valence-electron chi connectivity index (χ4n) is 3.67.